The molecule has 3 nitrogen and oxygen atoms in total. The fourth-order valence-electron chi connectivity index (χ4n) is 3.55. The Morgan fingerprint density at radius 3 is 2.48 bits per heavy atom. The highest BCUT2D eigenvalue weighted by atomic mass is 14.7. The van der Waals surface area contributed by atoms with Gasteiger partial charge in [-0.15, -0.1) is 0 Å². The molecule has 0 bridgehead atoms. The molecule has 0 spiro atoms. The van der Waals surface area contributed by atoms with Crippen molar-refractivity contribution in [1.29, 1.82) is 5.26 Å². The zero-order valence-corrected chi connectivity index (χ0v) is 14.5. The van der Waals surface area contributed by atoms with Crippen LogP contribution in [-0.2, 0) is 0 Å². The van der Waals surface area contributed by atoms with Crippen LogP contribution in [0.25, 0.3) is 44.2 Å². The molecule has 0 radical (unpaired) electrons. The minimum Gasteiger partial charge on any atom is -0.360 e. The Hall–Kier alpha value is -3.90. The van der Waals surface area contributed by atoms with E-state index in [0.717, 1.165) is 44.2 Å². The Kier molecular flexibility index (Phi) is 3.48. The molecule has 3 aromatic carbocycles. The van der Waals surface area contributed by atoms with Crippen molar-refractivity contribution in [2.75, 3.05) is 0 Å². The van der Waals surface area contributed by atoms with Crippen LogP contribution in [0.2, 0.25) is 0 Å². The number of nitriles is 1. The molecule has 0 aliphatic rings. The first kappa shape index (κ1) is 15.4. The molecule has 1 N–H and O–H groups in total. The van der Waals surface area contributed by atoms with Crippen molar-refractivity contribution in [3.63, 3.8) is 0 Å². The van der Waals surface area contributed by atoms with E-state index < -0.39 is 0 Å². The van der Waals surface area contributed by atoms with Gasteiger partial charge in [0, 0.05) is 33.6 Å². The van der Waals surface area contributed by atoms with Gasteiger partial charge in [-0.05, 0) is 23.6 Å². The van der Waals surface area contributed by atoms with Crippen LogP contribution in [0.3, 0.4) is 0 Å². The predicted octanol–water partition coefficient (Wildman–Crippen LogP) is 5.92. The summed E-state index contributed by atoms with van der Waals surface area (Å²) < 4.78 is 0. The minimum atomic E-state index is 0.645. The highest BCUT2D eigenvalue weighted by molar-refractivity contribution is 6.04. The molecule has 0 saturated carbocycles. The van der Waals surface area contributed by atoms with Crippen molar-refractivity contribution in [2.45, 2.75) is 0 Å². The lowest BCUT2D eigenvalue weighted by Gasteiger charge is -2.09. The number of benzene rings is 3. The van der Waals surface area contributed by atoms with E-state index >= 15 is 0 Å². The summed E-state index contributed by atoms with van der Waals surface area (Å²) in [5.41, 5.74) is 5.63. The van der Waals surface area contributed by atoms with Gasteiger partial charge in [0.1, 0.15) is 0 Å². The van der Waals surface area contributed by atoms with Crippen molar-refractivity contribution < 1.29 is 0 Å². The number of nitrogens with one attached hydrogen (secondary N) is 1. The Morgan fingerprint density at radius 2 is 1.63 bits per heavy atom. The lowest BCUT2D eigenvalue weighted by molar-refractivity contribution is 1.35. The van der Waals surface area contributed by atoms with E-state index in [-0.39, 0.29) is 0 Å². The number of pyridine rings is 1. The molecule has 5 aromatic rings. The molecule has 0 aliphatic heterocycles. The maximum absolute atomic E-state index is 9.15. The number of aromatic nitrogens is 2. The first-order valence-corrected chi connectivity index (χ1v) is 8.80. The molecule has 0 fully saturated rings. The molecule has 5 rings (SSSR count). The van der Waals surface area contributed by atoms with E-state index in [0.29, 0.717) is 5.56 Å². The third-order valence-electron chi connectivity index (χ3n) is 4.88. The van der Waals surface area contributed by atoms with Crippen LogP contribution in [-0.4, -0.2) is 9.97 Å². The van der Waals surface area contributed by atoms with Gasteiger partial charge in [-0.1, -0.05) is 60.7 Å². The molecular formula is C24H15N3. The molecule has 126 valence electrons. The summed E-state index contributed by atoms with van der Waals surface area (Å²) in [6.45, 7) is 0. The SMILES string of the molecule is N#Cc1ccc2c(-c3nc(-c4ccccc4)cc4ccccc34)c[nH]c2c1. The highest BCUT2D eigenvalue weighted by Crippen LogP contribution is 2.35. The topological polar surface area (TPSA) is 52.5 Å². The van der Waals surface area contributed by atoms with Crippen LogP contribution >= 0.6 is 0 Å². The second kappa shape index (κ2) is 6.12. The normalized spacial score (nSPS) is 10.9. The van der Waals surface area contributed by atoms with E-state index in [2.05, 4.69) is 47.5 Å². The number of hydrogen-bond donors (Lipinski definition) is 1. The van der Waals surface area contributed by atoms with Crippen molar-refractivity contribution in [2.24, 2.45) is 0 Å². The zero-order chi connectivity index (χ0) is 18.2. The molecule has 0 unspecified atom stereocenters. The quantitative estimate of drug-likeness (QED) is 0.431. The van der Waals surface area contributed by atoms with E-state index in [1.165, 1.54) is 0 Å². The molecule has 0 amide bonds. The lowest BCUT2D eigenvalue weighted by Crippen LogP contribution is -1.90. The van der Waals surface area contributed by atoms with Crippen molar-refractivity contribution >= 4 is 21.7 Å². The molecule has 27 heavy (non-hydrogen) atoms. The predicted molar refractivity (Wildman–Crippen MR) is 109 cm³/mol. The van der Waals surface area contributed by atoms with Gasteiger partial charge in [0.05, 0.1) is 23.0 Å². The Morgan fingerprint density at radius 1 is 0.815 bits per heavy atom. The number of H-pyrrole nitrogens is 1. The van der Waals surface area contributed by atoms with Crippen molar-refractivity contribution in [3.8, 4) is 28.6 Å². The monoisotopic (exact) mass is 345 g/mol. The summed E-state index contributed by atoms with van der Waals surface area (Å²) in [4.78, 5) is 8.32. The molecule has 0 aliphatic carbocycles. The fourth-order valence-corrected chi connectivity index (χ4v) is 3.55. The first-order valence-electron chi connectivity index (χ1n) is 8.80. The minimum absolute atomic E-state index is 0.645. The summed E-state index contributed by atoms with van der Waals surface area (Å²) in [7, 11) is 0. The van der Waals surface area contributed by atoms with Gasteiger partial charge >= 0.3 is 0 Å². The molecule has 2 aromatic heterocycles. The largest absolute Gasteiger partial charge is 0.360 e. The zero-order valence-electron chi connectivity index (χ0n) is 14.5. The van der Waals surface area contributed by atoms with Gasteiger partial charge in [-0.25, -0.2) is 4.98 Å². The molecule has 3 heteroatoms. The average Bonchev–Trinajstić information content (AvgIpc) is 3.16. The number of hydrogen-bond acceptors (Lipinski definition) is 2. The fraction of sp³-hybridized carbons (Fsp3) is 0. The van der Waals surface area contributed by atoms with Crippen LogP contribution in [0.4, 0.5) is 0 Å². The van der Waals surface area contributed by atoms with Gasteiger partial charge in [0.15, 0.2) is 0 Å². The van der Waals surface area contributed by atoms with Gasteiger partial charge in [0.2, 0.25) is 0 Å². The maximum Gasteiger partial charge on any atom is 0.0992 e. The number of nitrogens with zero attached hydrogens (tertiary/aromatic N) is 2. The van der Waals surface area contributed by atoms with Gasteiger partial charge in [-0.2, -0.15) is 5.26 Å². The van der Waals surface area contributed by atoms with E-state index in [1.807, 2.05) is 48.7 Å². The standard InChI is InChI=1S/C24H15N3/c25-14-16-10-11-20-21(15-26-23(20)12-16)24-19-9-5-4-8-18(19)13-22(27-24)17-6-2-1-3-7-17/h1-13,15,26H. The highest BCUT2D eigenvalue weighted by Gasteiger charge is 2.13. The molecular weight excluding hydrogens is 330 g/mol. The van der Waals surface area contributed by atoms with E-state index in [9.17, 15) is 0 Å². The van der Waals surface area contributed by atoms with E-state index in [1.54, 1.807) is 0 Å². The van der Waals surface area contributed by atoms with Crippen LogP contribution < -0.4 is 0 Å². The summed E-state index contributed by atoms with van der Waals surface area (Å²) >= 11 is 0. The van der Waals surface area contributed by atoms with Crippen molar-refractivity contribution in [1.82, 2.24) is 9.97 Å². The number of fused-ring (bicyclic) bond motifs is 2. The molecule has 2 heterocycles. The van der Waals surface area contributed by atoms with Crippen LogP contribution in [0.15, 0.2) is 85.1 Å². The van der Waals surface area contributed by atoms with Crippen LogP contribution in [0.5, 0.6) is 0 Å². The molecule has 0 saturated heterocycles. The summed E-state index contributed by atoms with van der Waals surface area (Å²) in [6, 6.07) is 28.6. The van der Waals surface area contributed by atoms with E-state index in [4.69, 9.17) is 10.2 Å². The Labute approximate surface area is 156 Å². The lowest BCUT2D eigenvalue weighted by atomic mass is 10.0. The number of rotatable bonds is 2. The second-order valence-corrected chi connectivity index (χ2v) is 6.52. The summed E-state index contributed by atoms with van der Waals surface area (Å²) in [6.07, 6.45) is 1.98. The third-order valence-corrected chi connectivity index (χ3v) is 4.88. The van der Waals surface area contributed by atoms with Crippen molar-refractivity contribution in [3.05, 3.63) is 90.6 Å². The van der Waals surface area contributed by atoms with Gasteiger partial charge in [0.25, 0.3) is 0 Å². The van der Waals surface area contributed by atoms with Crippen LogP contribution in [0.1, 0.15) is 5.56 Å². The average molecular weight is 345 g/mol. The smallest absolute Gasteiger partial charge is 0.0992 e. The van der Waals surface area contributed by atoms with Gasteiger partial charge in [-0.3, -0.25) is 0 Å². The Bertz CT molecular complexity index is 1320. The molecule has 0 atom stereocenters. The van der Waals surface area contributed by atoms with Gasteiger partial charge < -0.3 is 4.98 Å². The summed E-state index contributed by atoms with van der Waals surface area (Å²) in [5.74, 6) is 0. The maximum atomic E-state index is 9.15. The Balaban J connectivity index is 1.81. The van der Waals surface area contributed by atoms with Crippen LogP contribution in [0, 0.1) is 11.3 Å². The summed E-state index contributed by atoms with van der Waals surface area (Å²) in [5, 5.41) is 12.5. The number of aromatic amines is 1. The second-order valence-electron chi connectivity index (χ2n) is 6.52. The first-order chi connectivity index (χ1) is 13.3. The third kappa shape index (κ3) is 2.56.